The first-order chi connectivity index (χ1) is 10.5. The fourth-order valence-corrected chi connectivity index (χ4v) is 2.77. The van der Waals surface area contributed by atoms with E-state index in [1.807, 2.05) is 37.3 Å². The number of benzene rings is 2. The topological polar surface area (TPSA) is 32.7 Å². The molecular formula is C18H17FN2O. The van der Waals surface area contributed by atoms with Crippen LogP contribution in [0.2, 0.25) is 0 Å². The van der Waals surface area contributed by atoms with E-state index in [4.69, 9.17) is 0 Å². The maximum absolute atomic E-state index is 13.5. The van der Waals surface area contributed by atoms with E-state index in [0.29, 0.717) is 6.42 Å². The molecular weight excluding hydrogens is 279 g/mol. The minimum atomic E-state index is -0.301. The molecule has 0 aliphatic carbocycles. The molecule has 1 atom stereocenters. The summed E-state index contributed by atoms with van der Waals surface area (Å²) < 4.78 is 13.5. The standard InChI is InChI=1S/C18H17FN2O/c1-12-5-3-6-14(9-12)17-11-18(21(20-17)13(2)22)15-7-4-8-16(19)10-15/h3-10,18H,11H2,1-2H3/t18-/m1/s1. The van der Waals surface area contributed by atoms with E-state index in [2.05, 4.69) is 5.10 Å². The molecule has 0 saturated carbocycles. The third-order valence-corrected chi connectivity index (χ3v) is 3.82. The Hall–Kier alpha value is -2.49. The predicted molar refractivity (Wildman–Crippen MR) is 84.0 cm³/mol. The van der Waals surface area contributed by atoms with Crippen LogP contribution in [0.15, 0.2) is 53.6 Å². The van der Waals surface area contributed by atoms with Crippen LogP contribution in [0.25, 0.3) is 0 Å². The van der Waals surface area contributed by atoms with E-state index >= 15 is 0 Å². The molecule has 1 amide bonds. The monoisotopic (exact) mass is 296 g/mol. The van der Waals surface area contributed by atoms with Crippen LogP contribution < -0.4 is 0 Å². The van der Waals surface area contributed by atoms with E-state index in [1.54, 1.807) is 6.07 Å². The molecule has 0 unspecified atom stereocenters. The Kier molecular flexibility index (Phi) is 3.75. The number of hydrogen-bond acceptors (Lipinski definition) is 2. The number of halogens is 1. The molecule has 1 aliphatic rings. The fraction of sp³-hybridized carbons (Fsp3) is 0.222. The molecule has 0 saturated heterocycles. The second kappa shape index (κ2) is 5.72. The van der Waals surface area contributed by atoms with E-state index in [-0.39, 0.29) is 17.8 Å². The number of carbonyl (C=O) groups excluding carboxylic acids is 1. The van der Waals surface area contributed by atoms with E-state index < -0.39 is 0 Å². The van der Waals surface area contributed by atoms with Gasteiger partial charge >= 0.3 is 0 Å². The van der Waals surface area contributed by atoms with Crippen molar-refractivity contribution < 1.29 is 9.18 Å². The van der Waals surface area contributed by atoms with Gasteiger partial charge in [-0.15, -0.1) is 0 Å². The van der Waals surface area contributed by atoms with Gasteiger partial charge < -0.3 is 0 Å². The van der Waals surface area contributed by atoms with Gasteiger partial charge in [-0.05, 0) is 30.2 Å². The lowest BCUT2D eigenvalue weighted by Crippen LogP contribution is -2.24. The van der Waals surface area contributed by atoms with Crippen molar-refractivity contribution in [2.75, 3.05) is 0 Å². The molecule has 0 N–H and O–H groups in total. The molecule has 22 heavy (non-hydrogen) atoms. The van der Waals surface area contributed by atoms with Crippen LogP contribution in [0.5, 0.6) is 0 Å². The molecule has 1 aliphatic heterocycles. The Balaban J connectivity index is 1.96. The number of hydrogen-bond donors (Lipinski definition) is 0. The van der Waals surface area contributed by atoms with Gasteiger partial charge in [-0.25, -0.2) is 9.40 Å². The molecule has 0 radical (unpaired) electrons. The average Bonchev–Trinajstić information content (AvgIpc) is 2.92. The van der Waals surface area contributed by atoms with E-state index in [0.717, 1.165) is 22.4 Å². The van der Waals surface area contributed by atoms with Gasteiger partial charge in [0.15, 0.2) is 0 Å². The summed E-state index contributed by atoms with van der Waals surface area (Å²) in [6.45, 7) is 3.50. The summed E-state index contributed by atoms with van der Waals surface area (Å²) in [6, 6.07) is 14.1. The van der Waals surface area contributed by atoms with Crippen molar-refractivity contribution in [2.24, 2.45) is 5.10 Å². The minimum Gasteiger partial charge on any atom is -0.273 e. The highest BCUT2D eigenvalue weighted by Crippen LogP contribution is 2.33. The molecule has 2 aromatic rings. The second-order valence-electron chi connectivity index (χ2n) is 5.55. The van der Waals surface area contributed by atoms with Crippen molar-refractivity contribution in [3.63, 3.8) is 0 Å². The van der Waals surface area contributed by atoms with Crippen molar-refractivity contribution in [3.8, 4) is 0 Å². The minimum absolute atomic E-state index is 0.142. The number of amides is 1. The SMILES string of the molecule is CC(=O)N1N=C(c2cccc(C)c2)C[C@@H]1c1cccc(F)c1. The average molecular weight is 296 g/mol. The summed E-state index contributed by atoms with van der Waals surface area (Å²) in [4.78, 5) is 11.9. The van der Waals surface area contributed by atoms with Gasteiger partial charge in [-0.2, -0.15) is 5.10 Å². The van der Waals surface area contributed by atoms with Gasteiger partial charge in [-0.1, -0.05) is 42.0 Å². The van der Waals surface area contributed by atoms with Crippen molar-refractivity contribution in [1.82, 2.24) is 5.01 Å². The third-order valence-electron chi connectivity index (χ3n) is 3.82. The number of hydrazone groups is 1. The summed E-state index contributed by atoms with van der Waals surface area (Å²) in [7, 11) is 0. The zero-order valence-electron chi connectivity index (χ0n) is 12.6. The van der Waals surface area contributed by atoms with Crippen molar-refractivity contribution in [3.05, 3.63) is 71.0 Å². The zero-order chi connectivity index (χ0) is 15.7. The Bertz CT molecular complexity index is 754. The van der Waals surface area contributed by atoms with Crippen LogP contribution in [0.4, 0.5) is 4.39 Å². The molecule has 0 fully saturated rings. The van der Waals surface area contributed by atoms with E-state index in [1.165, 1.54) is 24.1 Å². The smallest absolute Gasteiger partial charge is 0.240 e. The Labute approximate surface area is 129 Å². The van der Waals surface area contributed by atoms with Crippen molar-refractivity contribution in [1.29, 1.82) is 0 Å². The molecule has 1 heterocycles. The number of rotatable bonds is 2. The van der Waals surface area contributed by atoms with Gasteiger partial charge in [0, 0.05) is 13.3 Å². The summed E-state index contributed by atoms with van der Waals surface area (Å²) in [5, 5.41) is 5.92. The Morgan fingerprint density at radius 2 is 2.00 bits per heavy atom. The van der Waals surface area contributed by atoms with Gasteiger partial charge in [0.1, 0.15) is 5.82 Å². The molecule has 3 nitrogen and oxygen atoms in total. The van der Waals surface area contributed by atoms with Crippen LogP contribution in [0.3, 0.4) is 0 Å². The summed E-state index contributed by atoms with van der Waals surface area (Å²) in [5.41, 5.74) is 3.77. The van der Waals surface area contributed by atoms with Crippen LogP contribution in [-0.4, -0.2) is 16.6 Å². The largest absolute Gasteiger partial charge is 0.273 e. The number of carbonyl (C=O) groups is 1. The maximum atomic E-state index is 13.5. The van der Waals surface area contributed by atoms with Crippen molar-refractivity contribution >= 4 is 11.6 Å². The first-order valence-corrected chi connectivity index (χ1v) is 7.24. The molecule has 4 heteroatoms. The molecule has 0 aromatic heterocycles. The number of aryl methyl sites for hydroxylation is 1. The first-order valence-electron chi connectivity index (χ1n) is 7.24. The van der Waals surface area contributed by atoms with Gasteiger partial charge in [-0.3, -0.25) is 4.79 Å². The lowest BCUT2D eigenvalue weighted by atomic mass is 9.97. The first kappa shape index (κ1) is 14.4. The van der Waals surface area contributed by atoms with E-state index in [9.17, 15) is 9.18 Å². The van der Waals surface area contributed by atoms with Crippen LogP contribution >= 0.6 is 0 Å². The zero-order valence-corrected chi connectivity index (χ0v) is 12.6. The highest BCUT2D eigenvalue weighted by atomic mass is 19.1. The molecule has 112 valence electrons. The normalized spacial score (nSPS) is 17.5. The van der Waals surface area contributed by atoms with Gasteiger partial charge in [0.05, 0.1) is 11.8 Å². The van der Waals surface area contributed by atoms with Crippen LogP contribution in [0, 0.1) is 12.7 Å². The lowest BCUT2D eigenvalue weighted by Gasteiger charge is -2.20. The molecule has 0 bridgehead atoms. The van der Waals surface area contributed by atoms with Gasteiger partial charge in [0.2, 0.25) is 5.91 Å². The predicted octanol–water partition coefficient (Wildman–Crippen LogP) is 3.83. The lowest BCUT2D eigenvalue weighted by molar-refractivity contribution is -0.130. The van der Waals surface area contributed by atoms with Crippen LogP contribution in [-0.2, 0) is 4.79 Å². The summed E-state index contributed by atoms with van der Waals surface area (Å²) in [5.74, 6) is -0.443. The molecule has 0 spiro atoms. The highest BCUT2D eigenvalue weighted by Gasteiger charge is 2.31. The van der Waals surface area contributed by atoms with Crippen LogP contribution in [0.1, 0.15) is 36.1 Å². The molecule has 2 aromatic carbocycles. The maximum Gasteiger partial charge on any atom is 0.240 e. The fourth-order valence-electron chi connectivity index (χ4n) is 2.77. The molecule has 3 rings (SSSR count). The number of nitrogens with zero attached hydrogens (tertiary/aromatic N) is 2. The highest BCUT2D eigenvalue weighted by molar-refractivity contribution is 6.03. The summed E-state index contributed by atoms with van der Waals surface area (Å²) >= 11 is 0. The second-order valence-corrected chi connectivity index (χ2v) is 5.55. The Morgan fingerprint density at radius 1 is 1.23 bits per heavy atom. The van der Waals surface area contributed by atoms with Crippen molar-refractivity contribution in [2.45, 2.75) is 26.3 Å². The summed E-state index contributed by atoms with van der Waals surface area (Å²) in [6.07, 6.45) is 0.590. The quantitative estimate of drug-likeness (QED) is 0.829. The van der Waals surface area contributed by atoms with Gasteiger partial charge in [0.25, 0.3) is 0 Å². The Morgan fingerprint density at radius 3 is 2.68 bits per heavy atom. The third kappa shape index (κ3) is 2.77.